The number of rotatable bonds is 5. The van der Waals surface area contributed by atoms with Gasteiger partial charge < -0.3 is 11.5 Å². The Labute approximate surface area is 185 Å². The lowest BCUT2D eigenvalue weighted by Crippen LogP contribution is -2.42. The van der Waals surface area contributed by atoms with Crippen LogP contribution < -0.4 is 17.0 Å². The highest BCUT2D eigenvalue weighted by molar-refractivity contribution is 6.30. The first-order valence-corrected chi connectivity index (χ1v) is 10.6. The molecule has 1 amide bonds. The summed E-state index contributed by atoms with van der Waals surface area (Å²) in [5, 5.41) is 5.25. The molecule has 1 fully saturated rings. The molecule has 3 aromatic rings. The summed E-state index contributed by atoms with van der Waals surface area (Å²) in [6.07, 6.45) is 6.26. The van der Waals surface area contributed by atoms with Crippen LogP contribution in [0.5, 0.6) is 0 Å². The molecule has 0 radical (unpaired) electrons. The van der Waals surface area contributed by atoms with Gasteiger partial charge in [0.2, 0.25) is 0 Å². The summed E-state index contributed by atoms with van der Waals surface area (Å²) in [5.41, 5.74) is 13.3. The highest BCUT2D eigenvalue weighted by Gasteiger charge is 2.37. The maximum Gasteiger partial charge on any atom is 0.279 e. The summed E-state index contributed by atoms with van der Waals surface area (Å²) >= 11 is 6.21. The molecular formula is C23H24ClN5O2. The molecule has 1 saturated carbocycles. The number of carbonyl (C=O) groups excluding carboxylic acids is 1. The van der Waals surface area contributed by atoms with Gasteiger partial charge >= 0.3 is 0 Å². The molecule has 1 aliphatic rings. The van der Waals surface area contributed by atoms with Crippen molar-refractivity contribution in [3.8, 4) is 11.3 Å². The van der Waals surface area contributed by atoms with Crippen molar-refractivity contribution < 1.29 is 4.79 Å². The van der Waals surface area contributed by atoms with E-state index in [2.05, 4.69) is 16.1 Å². The van der Waals surface area contributed by atoms with E-state index in [9.17, 15) is 9.59 Å². The predicted molar refractivity (Wildman–Crippen MR) is 120 cm³/mol. The van der Waals surface area contributed by atoms with Crippen LogP contribution in [0, 0.1) is 0 Å². The Morgan fingerprint density at radius 3 is 2.58 bits per heavy atom. The highest BCUT2D eigenvalue weighted by atomic mass is 35.5. The molecule has 0 atom stereocenters. The summed E-state index contributed by atoms with van der Waals surface area (Å²) in [5.74, 6) is -0.766. The molecule has 4 rings (SSSR count). The molecule has 8 heteroatoms. The summed E-state index contributed by atoms with van der Waals surface area (Å²) in [4.78, 5) is 29.0. The Bertz CT molecular complexity index is 1150. The molecule has 160 valence electrons. The number of nitrogens with two attached hydrogens (primary N) is 2. The molecule has 0 spiro atoms. The number of carbonyl (C=O) groups is 1. The molecule has 1 aliphatic carbocycles. The third-order valence-electron chi connectivity index (χ3n) is 6.24. The first kappa shape index (κ1) is 21.2. The van der Waals surface area contributed by atoms with E-state index in [0.717, 1.165) is 18.4 Å². The quantitative estimate of drug-likeness (QED) is 0.636. The molecule has 4 N–H and O–H groups in total. The third kappa shape index (κ3) is 4.11. The van der Waals surface area contributed by atoms with Gasteiger partial charge in [-0.05, 0) is 61.6 Å². The van der Waals surface area contributed by atoms with Crippen molar-refractivity contribution in [2.45, 2.75) is 37.1 Å². The number of nitrogens with zero attached hydrogens (tertiary/aromatic N) is 3. The SMILES string of the molecule is NC[C@]1(c2cccc(Cl)c2)CC[C@H](n2nc(-c3cccnc3)cc(C(N)=O)c2=O)CC1. The van der Waals surface area contributed by atoms with Crippen molar-refractivity contribution in [2.24, 2.45) is 11.5 Å². The fourth-order valence-corrected chi connectivity index (χ4v) is 4.61. The fraction of sp³-hybridized carbons (Fsp3) is 0.304. The van der Waals surface area contributed by atoms with Crippen molar-refractivity contribution in [1.29, 1.82) is 0 Å². The minimum Gasteiger partial charge on any atom is -0.365 e. The molecule has 0 aliphatic heterocycles. The van der Waals surface area contributed by atoms with Crippen molar-refractivity contribution in [2.75, 3.05) is 6.54 Å². The van der Waals surface area contributed by atoms with Crippen LogP contribution in [-0.4, -0.2) is 27.2 Å². The highest BCUT2D eigenvalue weighted by Crippen LogP contribution is 2.42. The Morgan fingerprint density at radius 1 is 1.19 bits per heavy atom. The second-order valence-corrected chi connectivity index (χ2v) is 8.46. The van der Waals surface area contributed by atoms with Crippen LogP contribution >= 0.6 is 11.6 Å². The van der Waals surface area contributed by atoms with Gasteiger partial charge in [-0.15, -0.1) is 0 Å². The number of hydrogen-bond acceptors (Lipinski definition) is 5. The number of pyridine rings is 1. The van der Waals surface area contributed by atoms with E-state index in [1.54, 1.807) is 18.5 Å². The molecule has 7 nitrogen and oxygen atoms in total. The maximum absolute atomic E-state index is 13.0. The number of halogens is 1. The zero-order chi connectivity index (χ0) is 22.0. The van der Waals surface area contributed by atoms with Gasteiger partial charge in [-0.2, -0.15) is 5.10 Å². The van der Waals surface area contributed by atoms with Crippen LogP contribution in [0.15, 0.2) is 59.7 Å². The van der Waals surface area contributed by atoms with Crippen LogP contribution in [0.1, 0.15) is 47.6 Å². The monoisotopic (exact) mass is 437 g/mol. The average molecular weight is 438 g/mol. The van der Waals surface area contributed by atoms with E-state index < -0.39 is 11.5 Å². The first-order chi connectivity index (χ1) is 14.9. The lowest BCUT2D eigenvalue weighted by Gasteiger charge is -2.40. The second-order valence-electron chi connectivity index (χ2n) is 8.02. The van der Waals surface area contributed by atoms with Crippen LogP contribution in [0.3, 0.4) is 0 Å². The first-order valence-electron chi connectivity index (χ1n) is 10.2. The largest absolute Gasteiger partial charge is 0.365 e. The van der Waals surface area contributed by atoms with Crippen LogP contribution in [0.25, 0.3) is 11.3 Å². The van der Waals surface area contributed by atoms with Crippen LogP contribution in [0.4, 0.5) is 0 Å². The van der Waals surface area contributed by atoms with Gasteiger partial charge in [0, 0.05) is 34.9 Å². The second kappa shape index (κ2) is 8.61. The van der Waals surface area contributed by atoms with E-state index in [4.69, 9.17) is 23.1 Å². The van der Waals surface area contributed by atoms with Crippen molar-refractivity contribution in [3.63, 3.8) is 0 Å². The van der Waals surface area contributed by atoms with Gasteiger partial charge in [0.25, 0.3) is 11.5 Å². The summed E-state index contributed by atoms with van der Waals surface area (Å²) < 4.78 is 1.42. The van der Waals surface area contributed by atoms with E-state index in [-0.39, 0.29) is 17.0 Å². The minimum absolute atomic E-state index is 0.0700. The molecule has 0 saturated heterocycles. The van der Waals surface area contributed by atoms with Crippen molar-refractivity contribution >= 4 is 17.5 Å². The molecule has 2 heterocycles. The zero-order valence-electron chi connectivity index (χ0n) is 17.0. The van der Waals surface area contributed by atoms with Gasteiger partial charge in [-0.1, -0.05) is 23.7 Å². The Hall–Kier alpha value is -3.03. The Morgan fingerprint density at radius 2 is 1.97 bits per heavy atom. The number of aromatic nitrogens is 3. The summed E-state index contributed by atoms with van der Waals surface area (Å²) in [7, 11) is 0. The van der Waals surface area contributed by atoms with Gasteiger partial charge in [-0.3, -0.25) is 14.6 Å². The molecule has 31 heavy (non-hydrogen) atoms. The van der Waals surface area contributed by atoms with Gasteiger partial charge in [0.05, 0.1) is 11.7 Å². The standard InChI is InChI=1S/C23H24ClN5O2/c24-17-5-1-4-16(11-17)23(14-25)8-6-18(7-9-23)29-22(31)19(21(26)30)12-20(28-29)15-3-2-10-27-13-15/h1-5,10-13,18H,6-9,14,25H2,(H2,26,30)/t18-,23-. The topological polar surface area (TPSA) is 117 Å². The molecule has 2 aromatic heterocycles. The smallest absolute Gasteiger partial charge is 0.279 e. The lowest BCUT2D eigenvalue weighted by molar-refractivity contribution is 0.0997. The van der Waals surface area contributed by atoms with E-state index >= 15 is 0 Å². The van der Waals surface area contributed by atoms with Crippen LogP contribution in [-0.2, 0) is 5.41 Å². The number of hydrogen-bond donors (Lipinski definition) is 2. The predicted octanol–water partition coefficient (Wildman–Crippen LogP) is 3.07. The number of benzene rings is 1. The van der Waals surface area contributed by atoms with Crippen molar-refractivity contribution in [3.05, 3.63) is 81.4 Å². The summed E-state index contributed by atoms with van der Waals surface area (Å²) in [6, 6.07) is 12.7. The van der Waals surface area contributed by atoms with Gasteiger partial charge in [-0.25, -0.2) is 4.68 Å². The van der Waals surface area contributed by atoms with E-state index in [1.807, 2.05) is 24.3 Å². The fourth-order valence-electron chi connectivity index (χ4n) is 4.42. The Balaban J connectivity index is 1.69. The van der Waals surface area contributed by atoms with E-state index in [0.29, 0.717) is 35.7 Å². The normalized spacial score (nSPS) is 21.0. The Kier molecular flexibility index (Phi) is 5.89. The molecule has 1 aromatic carbocycles. The van der Waals surface area contributed by atoms with Gasteiger partial charge in [0.15, 0.2) is 0 Å². The molecule has 0 bridgehead atoms. The number of primary amides is 1. The summed E-state index contributed by atoms with van der Waals surface area (Å²) in [6.45, 7) is 0.491. The van der Waals surface area contributed by atoms with Crippen LogP contribution in [0.2, 0.25) is 5.02 Å². The number of amides is 1. The third-order valence-corrected chi connectivity index (χ3v) is 6.48. The van der Waals surface area contributed by atoms with E-state index in [1.165, 1.54) is 10.7 Å². The minimum atomic E-state index is -0.766. The van der Waals surface area contributed by atoms with Gasteiger partial charge in [0.1, 0.15) is 5.56 Å². The van der Waals surface area contributed by atoms with Crippen molar-refractivity contribution in [1.82, 2.24) is 14.8 Å². The maximum atomic E-state index is 13.0. The average Bonchev–Trinajstić information content (AvgIpc) is 2.80. The molecule has 0 unspecified atom stereocenters. The lowest BCUT2D eigenvalue weighted by atomic mass is 9.68. The zero-order valence-corrected chi connectivity index (χ0v) is 17.8. The molecular weight excluding hydrogens is 414 g/mol.